The maximum absolute atomic E-state index is 5.71. The summed E-state index contributed by atoms with van der Waals surface area (Å²) in [5.41, 5.74) is 9.48. The predicted molar refractivity (Wildman–Crippen MR) is 71.9 cm³/mol. The predicted octanol–water partition coefficient (Wildman–Crippen LogP) is 2.60. The van der Waals surface area contributed by atoms with E-state index in [2.05, 4.69) is 34.1 Å². The summed E-state index contributed by atoms with van der Waals surface area (Å²) in [6, 6.07) is 8.54. The zero-order valence-electron chi connectivity index (χ0n) is 9.81. The molecule has 2 N–H and O–H groups in total. The van der Waals surface area contributed by atoms with Gasteiger partial charge in [-0.2, -0.15) is 0 Å². The Morgan fingerprint density at radius 1 is 1.41 bits per heavy atom. The Kier molecular flexibility index (Phi) is 2.61. The number of anilines is 2. The van der Waals surface area contributed by atoms with Gasteiger partial charge in [0.2, 0.25) is 0 Å². The van der Waals surface area contributed by atoms with Gasteiger partial charge in [-0.1, -0.05) is 29.5 Å². The lowest BCUT2D eigenvalue weighted by molar-refractivity contribution is 0.982. The number of fused-ring (bicyclic) bond motifs is 1. The molecule has 0 radical (unpaired) electrons. The van der Waals surface area contributed by atoms with Crippen molar-refractivity contribution in [2.75, 3.05) is 11.4 Å². The number of thiazole rings is 1. The van der Waals surface area contributed by atoms with Crippen LogP contribution >= 0.6 is 11.3 Å². The molecule has 4 heteroatoms. The summed E-state index contributed by atoms with van der Waals surface area (Å²) in [5, 5.41) is 1.08. The van der Waals surface area contributed by atoms with Crippen molar-refractivity contribution in [3.05, 3.63) is 40.4 Å². The highest BCUT2D eigenvalue weighted by molar-refractivity contribution is 7.15. The normalized spacial score (nSPS) is 14.1. The molecule has 0 amide bonds. The van der Waals surface area contributed by atoms with Crippen LogP contribution in [-0.4, -0.2) is 11.5 Å². The third-order valence-corrected chi connectivity index (χ3v) is 4.39. The Bertz CT molecular complexity index is 547. The first kappa shape index (κ1) is 10.7. The van der Waals surface area contributed by atoms with Crippen molar-refractivity contribution in [3.63, 3.8) is 0 Å². The lowest BCUT2D eigenvalue weighted by atomic mass is 10.2. The monoisotopic (exact) mass is 245 g/mol. The van der Waals surface area contributed by atoms with E-state index < -0.39 is 0 Å². The van der Waals surface area contributed by atoms with Crippen LogP contribution in [0.5, 0.6) is 0 Å². The molecule has 3 rings (SSSR count). The van der Waals surface area contributed by atoms with E-state index in [0.717, 1.165) is 23.8 Å². The average molecular weight is 245 g/mol. The van der Waals surface area contributed by atoms with Crippen molar-refractivity contribution < 1.29 is 0 Å². The minimum Gasteiger partial charge on any atom is -0.326 e. The lowest BCUT2D eigenvalue weighted by Gasteiger charge is -2.15. The molecule has 2 heterocycles. The highest BCUT2D eigenvalue weighted by Gasteiger charge is 2.22. The molecule has 1 aromatic carbocycles. The Balaban J connectivity index is 2.01. The molecule has 0 aliphatic carbocycles. The third kappa shape index (κ3) is 1.73. The van der Waals surface area contributed by atoms with Crippen LogP contribution in [0.3, 0.4) is 0 Å². The van der Waals surface area contributed by atoms with Gasteiger partial charge in [0.15, 0.2) is 5.13 Å². The Morgan fingerprint density at radius 3 is 3.00 bits per heavy atom. The van der Waals surface area contributed by atoms with Crippen molar-refractivity contribution in [1.82, 2.24) is 4.98 Å². The van der Waals surface area contributed by atoms with Crippen molar-refractivity contribution in [3.8, 4) is 0 Å². The van der Waals surface area contributed by atoms with E-state index in [4.69, 9.17) is 5.73 Å². The van der Waals surface area contributed by atoms with Crippen molar-refractivity contribution in [2.24, 2.45) is 5.73 Å². The number of benzene rings is 1. The molecule has 88 valence electrons. The van der Waals surface area contributed by atoms with E-state index in [0.29, 0.717) is 6.54 Å². The fraction of sp³-hybridized carbons (Fsp3) is 0.308. The standard InChI is InChI=1S/C13H15N3S/c1-9-12(8-14)17-13(15-9)16-7-6-10-4-2-3-5-11(10)16/h2-5H,6-8,14H2,1H3. The zero-order valence-corrected chi connectivity index (χ0v) is 10.6. The molecule has 0 saturated heterocycles. The molecule has 1 aliphatic heterocycles. The van der Waals surface area contributed by atoms with Crippen molar-refractivity contribution >= 4 is 22.2 Å². The Morgan fingerprint density at radius 2 is 2.24 bits per heavy atom. The number of nitrogens with zero attached hydrogens (tertiary/aromatic N) is 2. The summed E-state index contributed by atoms with van der Waals surface area (Å²) in [5.74, 6) is 0. The summed E-state index contributed by atoms with van der Waals surface area (Å²) in [6.45, 7) is 3.64. The maximum atomic E-state index is 5.71. The van der Waals surface area contributed by atoms with Gasteiger partial charge in [-0.25, -0.2) is 4.98 Å². The fourth-order valence-electron chi connectivity index (χ4n) is 2.25. The Hall–Kier alpha value is -1.39. The zero-order chi connectivity index (χ0) is 11.8. The van der Waals surface area contributed by atoms with Gasteiger partial charge in [0.1, 0.15) is 0 Å². The largest absolute Gasteiger partial charge is 0.326 e. The Labute approximate surface area is 105 Å². The molecule has 17 heavy (non-hydrogen) atoms. The minimum atomic E-state index is 0.582. The van der Waals surface area contributed by atoms with Crippen LogP contribution in [0.2, 0.25) is 0 Å². The smallest absolute Gasteiger partial charge is 0.190 e. The molecule has 0 saturated carbocycles. The number of aryl methyl sites for hydroxylation is 1. The highest BCUT2D eigenvalue weighted by Crippen LogP contribution is 2.37. The van der Waals surface area contributed by atoms with Gasteiger partial charge in [-0.3, -0.25) is 0 Å². The number of rotatable bonds is 2. The quantitative estimate of drug-likeness (QED) is 0.884. The molecule has 2 aromatic rings. The molecular formula is C13H15N3S. The number of hydrogen-bond acceptors (Lipinski definition) is 4. The van der Waals surface area contributed by atoms with E-state index in [1.54, 1.807) is 11.3 Å². The van der Waals surface area contributed by atoms with E-state index in [-0.39, 0.29) is 0 Å². The first-order valence-corrected chi connectivity index (χ1v) is 6.63. The van der Waals surface area contributed by atoms with E-state index >= 15 is 0 Å². The molecule has 1 aromatic heterocycles. The lowest BCUT2D eigenvalue weighted by Crippen LogP contribution is -2.12. The number of aromatic nitrogens is 1. The van der Waals surface area contributed by atoms with Crippen LogP contribution in [0, 0.1) is 6.92 Å². The second-order valence-corrected chi connectivity index (χ2v) is 5.30. The van der Waals surface area contributed by atoms with Crippen LogP contribution in [-0.2, 0) is 13.0 Å². The molecule has 3 nitrogen and oxygen atoms in total. The summed E-state index contributed by atoms with van der Waals surface area (Å²) in [7, 11) is 0. The molecule has 0 spiro atoms. The van der Waals surface area contributed by atoms with Crippen LogP contribution < -0.4 is 10.6 Å². The number of hydrogen-bond donors (Lipinski definition) is 1. The molecular weight excluding hydrogens is 230 g/mol. The van der Waals surface area contributed by atoms with Gasteiger partial charge in [0.25, 0.3) is 0 Å². The SMILES string of the molecule is Cc1nc(N2CCc3ccccc32)sc1CN. The fourth-order valence-corrected chi connectivity index (χ4v) is 3.23. The van der Waals surface area contributed by atoms with Crippen LogP contribution in [0.15, 0.2) is 24.3 Å². The summed E-state index contributed by atoms with van der Waals surface area (Å²) < 4.78 is 0. The van der Waals surface area contributed by atoms with Gasteiger partial charge in [0.05, 0.1) is 5.69 Å². The van der Waals surface area contributed by atoms with Crippen LogP contribution in [0.4, 0.5) is 10.8 Å². The van der Waals surface area contributed by atoms with Gasteiger partial charge in [-0.15, -0.1) is 0 Å². The van der Waals surface area contributed by atoms with Crippen LogP contribution in [0.25, 0.3) is 0 Å². The van der Waals surface area contributed by atoms with Crippen LogP contribution in [0.1, 0.15) is 16.1 Å². The third-order valence-electron chi connectivity index (χ3n) is 3.18. The van der Waals surface area contributed by atoms with Gasteiger partial charge in [0, 0.05) is 23.7 Å². The van der Waals surface area contributed by atoms with E-state index in [1.165, 1.54) is 16.1 Å². The minimum absolute atomic E-state index is 0.582. The second-order valence-electron chi connectivity index (χ2n) is 4.24. The van der Waals surface area contributed by atoms with E-state index in [1.807, 2.05) is 6.92 Å². The average Bonchev–Trinajstić information content (AvgIpc) is 2.92. The highest BCUT2D eigenvalue weighted by atomic mass is 32.1. The molecule has 0 atom stereocenters. The second kappa shape index (κ2) is 4.13. The molecule has 1 aliphatic rings. The van der Waals surface area contributed by atoms with E-state index in [9.17, 15) is 0 Å². The molecule has 0 bridgehead atoms. The topological polar surface area (TPSA) is 42.2 Å². The number of nitrogens with two attached hydrogens (primary N) is 1. The summed E-state index contributed by atoms with van der Waals surface area (Å²) >= 11 is 1.71. The summed E-state index contributed by atoms with van der Waals surface area (Å²) in [6.07, 6.45) is 1.10. The van der Waals surface area contributed by atoms with Crippen molar-refractivity contribution in [1.29, 1.82) is 0 Å². The van der Waals surface area contributed by atoms with Gasteiger partial charge >= 0.3 is 0 Å². The molecule has 0 fully saturated rings. The summed E-state index contributed by atoms with van der Waals surface area (Å²) in [4.78, 5) is 8.11. The first-order valence-electron chi connectivity index (χ1n) is 5.81. The maximum Gasteiger partial charge on any atom is 0.190 e. The van der Waals surface area contributed by atoms with Gasteiger partial charge in [-0.05, 0) is 25.0 Å². The first-order chi connectivity index (χ1) is 8.29. The van der Waals surface area contributed by atoms with Crippen molar-refractivity contribution in [2.45, 2.75) is 19.9 Å². The number of para-hydroxylation sites is 1. The molecule has 0 unspecified atom stereocenters. The van der Waals surface area contributed by atoms with Gasteiger partial charge < -0.3 is 10.6 Å².